The number of rotatable bonds is 3. The van der Waals surface area contributed by atoms with Crippen LogP contribution in [0, 0.1) is 4.77 Å². The third-order valence-corrected chi connectivity index (χ3v) is 4.02. The zero-order valence-electron chi connectivity index (χ0n) is 11.4. The number of fused-ring (bicyclic) bond motifs is 1. The van der Waals surface area contributed by atoms with Gasteiger partial charge in [-0.15, -0.1) is 0 Å². The van der Waals surface area contributed by atoms with Crippen LogP contribution in [0.25, 0.3) is 10.8 Å². The van der Waals surface area contributed by atoms with Gasteiger partial charge in [-0.25, -0.2) is 0 Å². The fourth-order valence-corrected chi connectivity index (χ4v) is 2.69. The highest BCUT2D eigenvalue weighted by molar-refractivity contribution is 7.71. The highest BCUT2D eigenvalue weighted by Gasteiger charge is 2.29. The van der Waals surface area contributed by atoms with Gasteiger partial charge in [0.05, 0.1) is 6.21 Å². The maximum atomic E-state index is 5.26. The van der Waals surface area contributed by atoms with Crippen LogP contribution in [0.4, 0.5) is 0 Å². The quantitative estimate of drug-likeness (QED) is 0.589. The van der Waals surface area contributed by atoms with E-state index in [4.69, 9.17) is 12.2 Å². The van der Waals surface area contributed by atoms with Gasteiger partial charge in [0.25, 0.3) is 0 Å². The van der Waals surface area contributed by atoms with Crippen LogP contribution in [-0.4, -0.2) is 21.1 Å². The molecule has 104 valence electrons. The Kier molecular flexibility index (Phi) is 2.93. The molecule has 0 amide bonds. The van der Waals surface area contributed by atoms with Gasteiger partial charge in [0, 0.05) is 11.5 Å². The lowest BCUT2D eigenvalue weighted by Crippen LogP contribution is -1.97. The van der Waals surface area contributed by atoms with Crippen molar-refractivity contribution in [2.45, 2.75) is 18.8 Å². The first-order valence-corrected chi connectivity index (χ1v) is 7.43. The first-order valence-electron chi connectivity index (χ1n) is 7.02. The van der Waals surface area contributed by atoms with Gasteiger partial charge in [0.2, 0.25) is 4.77 Å². The molecule has 21 heavy (non-hydrogen) atoms. The Morgan fingerprint density at radius 1 is 1.19 bits per heavy atom. The molecule has 1 saturated carbocycles. The molecule has 1 N–H and O–H groups in total. The molecule has 1 heterocycles. The van der Waals surface area contributed by atoms with E-state index < -0.39 is 0 Å². The predicted molar refractivity (Wildman–Crippen MR) is 86.3 cm³/mol. The van der Waals surface area contributed by atoms with Gasteiger partial charge in [-0.3, -0.25) is 5.10 Å². The highest BCUT2D eigenvalue weighted by atomic mass is 32.1. The minimum Gasteiger partial charge on any atom is -0.250 e. The van der Waals surface area contributed by atoms with Gasteiger partial charge in [-0.1, -0.05) is 42.5 Å². The van der Waals surface area contributed by atoms with Crippen LogP contribution in [0.1, 0.15) is 30.1 Å². The van der Waals surface area contributed by atoms with Crippen LogP contribution >= 0.6 is 12.2 Å². The van der Waals surface area contributed by atoms with Crippen LogP contribution in [0.15, 0.2) is 47.6 Å². The van der Waals surface area contributed by atoms with E-state index in [1.54, 1.807) is 4.68 Å². The fourth-order valence-electron chi connectivity index (χ4n) is 2.50. The van der Waals surface area contributed by atoms with Crippen molar-refractivity contribution < 1.29 is 0 Å². The van der Waals surface area contributed by atoms with E-state index in [9.17, 15) is 0 Å². The summed E-state index contributed by atoms with van der Waals surface area (Å²) in [6.45, 7) is 0. The monoisotopic (exact) mass is 294 g/mol. The molecular weight excluding hydrogens is 280 g/mol. The van der Waals surface area contributed by atoms with Crippen molar-refractivity contribution in [3.05, 3.63) is 58.6 Å². The molecular formula is C16H14N4S. The summed E-state index contributed by atoms with van der Waals surface area (Å²) >= 11 is 5.26. The molecule has 1 fully saturated rings. The van der Waals surface area contributed by atoms with Crippen LogP contribution in [0.5, 0.6) is 0 Å². The van der Waals surface area contributed by atoms with Crippen molar-refractivity contribution in [1.29, 1.82) is 0 Å². The molecule has 0 spiro atoms. The summed E-state index contributed by atoms with van der Waals surface area (Å²) in [5.41, 5.74) is 1.08. The molecule has 1 aliphatic carbocycles. The fraction of sp³-hybridized carbons (Fsp3) is 0.188. The van der Waals surface area contributed by atoms with E-state index in [2.05, 4.69) is 39.6 Å². The smallest absolute Gasteiger partial charge is 0.216 e. The molecule has 5 heteroatoms. The lowest BCUT2D eigenvalue weighted by Gasteiger charge is -2.02. The lowest BCUT2D eigenvalue weighted by molar-refractivity contribution is 0.773. The van der Waals surface area contributed by atoms with E-state index in [1.807, 2.05) is 24.4 Å². The second-order valence-electron chi connectivity index (χ2n) is 5.29. The summed E-state index contributed by atoms with van der Waals surface area (Å²) in [4.78, 5) is 0. The summed E-state index contributed by atoms with van der Waals surface area (Å²) in [6.07, 6.45) is 4.20. The number of H-pyrrole nitrogens is 1. The third-order valence-electron chi connectivity index (χ3n) is 3.75. The van der Waals surface area contributed by atoms with E-state index in [0.29, 0.717) is 10.7 Å². The first kappa shape index (κ1) is 12.5. The highest BCUT2D eigenvalue weighted by Crippen LogP contribution is 2.38. The van der Waals surface area contributed by atoms with Crippen molar-refractivity contribution in [3.8, 4) is 0 Å². The molecule has 0 atom stereocenters. The Morgan fingerprint density at radius 3 is 2.86 bits per heavy atom. The Balaban J connectivity index is 1.78. The molecule has 3 aromatic rings. The van der Waals surface area contributed by atoms with Crippen LogP contribution < -0.4 is 0 Å². The van der Waals surface area contributed by atoms with Crippen LogP contribution in [0.2, 0.25) is 0 Å². The van der Waals surface area contributed by atoms with E-state index in [-0.39, 0.29) is 0 Å². The molecule has 0 aliphatic heterocycles. The summed E-state index contributed by atoms with van der Waals surface area (Å²) in [6, 6.07) is 14.5. The number of nitrogens with one attached hydrogen (secondary N) is 1. The Bertz CT molecular complexity index is 881. The van der Waals surface area contributed by atoms with Gasteiger partial charge in [0.1, 0.15) is 0 Å². The number of aromatic amines is 1. The molecule has 0 saturated heterocycles. The minimum absolute atomic E-state index is 0.502. The molecule has 4 rings (SSSR count). The number of benzene rings is 2. The summed E-state index contributed by atoms with van der Waals surface area (Å²) in [7, 11) is 0. The van der Waals surface area contributed by atoms with Crippen molar-refractivity contribution in [2.24, 2.45) is 5.10 Å². The molecule has 0 bridgehead atoms. The number of nitrogens with zero attached hydrogens (tertiary/aromatic N) is 3. The van der Waals surface area contributed by atoms with Gasteiger partial charge in [-0.2, -0.15) is 14.9 Å². The van der Waals surface area contributed by atoms with Gasteiger partial charge >= 0.3 is 0 Å². The normalized spacial score (nSPS) is 15.0. The maximum absolute atomic E-state index is 5.26. The molecule has 4 nitrogen and oxygen atoms in total. The Labute approximate surface area is 127 Å². The predicted octanol–water partition coefficient (Wildman–Crippen LogP) is 3.85. The third kappa shape index (κ3) is 2.29. The zero-order valence-corrected chi connectivity index (χ0v) is 12.2. The summed E-state index contributed by atoms with van der Waals surface area (Å²) in [5.74, 6) is 1.44. The van der Waals surface area contributed by atoms with Crippen molar-refractivity contribution in [2.75, 3.05) is 0 Å². The second kappa shape index (κ2) is 4.93. The lowest BCUT2D eigenvalue weighted by atomic mass is 10.1. The number of hydrogen-bond acceptors (Lipinski definition) is 3. The van der Waals surface area contributed by atoms with Crippen LogP contribution in [0.3, 0.4) is 0 Å². The largest absolute Gasteiger partial charge is 0.250 e. The van der Waals surface area contributed by atoms with E-state index in [0.717, 1.165) is 11.4 Å². The summed E-state index contributed by atoms with van der Waals surface area (Å²) in [5, 5.41) is 14.1. The average Bonchev–Trinajstić information content (AvgIpc) is 3.29. The SMILES string of the molecule is S=c1[nH]nc(C2CC2)n1/N=C\c1cccc2ccccc12. The molecule has 2 aromatic carbocycles. The number of aromatic nitrogens is 3. The van der Waals surface area contributed by atoms with E-state index >= 15 is 0 Å². The Morgan fingerprint density at radius 2 is 2.00 bits per heavy atom. The number of hydrogen-bond donors (Lipinski definition) is 1. The van der Waals surface area contributed by atoms with Gasteiger partial charge < -0.3 is 0 Å². The molecule has 1 aliphatic rings. The zero-order chi connectivity index (χ0) is 14.2. The second-order valence-corrected chi connectivity index (χ2v) is 5.67. The molecule has 0 unspecified atom stereocenters. The first-order chi connectivity index (χ1) is 10.3. The molecule has 0 radical (unpaired) electrons. The average molecular weight is 294 g/mol. The summed E-state index contributed by atoms with van der Waals surface area (Å²) < 4.78 is 2.29. The maximum Gasteiger partial charge on any atom is 0.216 e. The topological polar surface area (TPSA) is 46.0 Å². The Hall–Kier alpha value is -2.27. The van der Waals surface area contributed by atoms with E-state index in [1.165, 1.54) is 23.6 Å². The minimum atomic E-state index is 0.502. The van der Waals surface area contributed by atoms with Gasteiger partial charge in [-0.05, 0) is 35.8 Å². The van der Waals surface area contributed by atoms with Crippen molar-refractivity contribution in [3.63, 3.8) is 0 Å². The van der Waals surface area contributed by atoms with Crippen LogP contribution in [-0.2, 0) is 0 Å². The standard InChI is InChI=1S/C16H14N4S/c21-16-19-18-15(12-8-9-12)20(16)17-10-13-6-3-5-11-4-1-2-7-14(11)13/h1-7,10,12H,8-9H2,(H,19,21)/b17-10-. The van der Waals surface area contributed by atoms with Crippen molar-refractivity contribution >= 4 is 29.2 Å². The molecule has 1 aromatic heterocycles. The van der Waals surface area contributed by atoms with Gasteiger partial charge in [0.15, 0.2) is 5.82 Å². The van der Waals surface area contributed by atoms with Crippen molar-refractivity contribution in [1.82, 2.24) is 14.9 Å².